The molecule has 0 amide bonds. The summed E-state index contributed by atoms with van der Waals surface area (Å²) in [4.78, 5) is -0.192. The fourth-order valence-corrected chi connectivity index (χ4v) is 1.52. The maximum absolute atomic E-state index is 13.1. The Morgan fingerprint density at radius 2 is 2.08 bits per heavy atom. The Morgan fingerprint density at radius 3 is 2.46 bits per heavy atom. The van der Waals surface area contributed by atoms with Gasteiger partial charge in [-0.15, -0.1) is 0 Å². The van der Waals surface area contributed by atoms with Gasteiger partial charge in [0.1, 0.15) is 5.82 Å². The van der Waals surface area contributed by atoms with Gasteiger partial charge in [-0.25, -0.2) is 17.9 Å². The van der Waals surface area contributed by atoms with Crippen molar-refractivity contribution < 1.29 is 12.8 Å². The fourth-order valence-electron chi connectivity index (χ4n) is 0.992. The number of aryl methyl sites for hydroxylation is 1. The SMILES string of the molecule is CCc1ccc(S(N)(=O)=O)cc1F. The molecule has 5 heteroatoms. The standard InChI is InChI=1S/C8H10FNO2S/c1-2-6-3-4-7(5-8(6)9)13(10,11)12/h3-5H,2H2,1H3,(H2,10,11,12). The molecule has 0 bridgehead atoms. The van der Waals surface area contributed by atoms with Gasteiger partial charge in [-0.3, -0.25) is 0 Å². The molecule has 0 aliphatic heterocycles. The van der Waals surface area contributed by atoms with Crippen LogP contribution in [0.4, 0.5) is 4.39 Å². The highest BCUT2D eigenvalue weighted by Gasteiger charge is 2.10. The molecule has 0 spiro atoms. The van der Waals surface area contributed by atoms with Crippen molar-refractivity contribution in [3.05, 3.63) is 29.6 Å². The lowest BCUT2D eigenvalue weighted by molar-refractivity contribution is 0.588. The lowest BCUT2D eigenvalue weighted by atomic mass is 10.2. The maximum Gasteiger partial charge on any atom is 0.238 e. The van der Waals surface area contributed by atoms with Crippen LogP contribution >= 0.6 is 0 Å². The molecular weight excluding hydrogens is 193 g/mol. The van der Waals surface area contributed by atoms with Crippen molar-refractivity contribution in [3.8, 4) is 0 Å². The van der Waals surface area contributed by atoms with E-state index >= 15 is 0 Å². The first-order chi connectivity index (χ1) is 5.95. The molecule has 1 aromatic rings. The molecule has 0 aliphatic carbocycles. The van der Waals surface area contributed by atoms with E-state index in [9.17, 15) is 12.8 Å². The normalized spacial score (nSPS) is 11.6. The molecule has 0 heterocycles. The molecule has 0 aromatic heterocycles. The quantitative estimate of drug-likeness (QED) is 0.780. The second kappa shape index (κ2) is 3.43. The van der Waals surface area contributed by atoms with Gasteiger partial charge in [0.15, 0.2) is 0 Å². The monoisotopic (exact) mass is 203 g/mol. The summed E-state index contributed by atoms with van der Waals surface area (Å²) in [5, 5.41) is 4.82. The van der Waals surface area contributed by atoms with Gasteiger partial charge in [0.25, 0.3) is 0 Å². The number of sulfonamides is 1. The number of hydrogen-bond acceptors (Lipinski definition) is 2. The second-order valence-corrected chi connectivity index (χ2v) is 4.21. The Kier molecular flexibility index (Phi) is 2.68. The molecule has 2 N–H and O–H groups in total. The summed E-state index contributed by atoms with van der Waals surface area (Å²) in [6.07, 6.45) is 0.525. The Labute approximate surface area is 76.4 Å². The number of primary sulfonamides is 1. The molecule has 3 nitrogen and oxygen atoms in total. The van der Waals surface area contributed by atoms with Crippen LogP contribution < -0.4 is 5.14 Å². The Bertz CT molecular complexity index is 414. The van der Waals surface area contributed by atoms with E-state index in [0.29, 0.717) is 12.0 Å². The third-order valence-electron chi connectivity index (χ3n) is 1.73. The van der Waals surface area contributed by atoms with E-state index in [1.165, 1.54) is 12.1 Å². The predicted octanol–water partition coefficient (Wildman–Crippen LogP) is 1.04. The summed E-state index contributed by atoms with van der Waals surface area (Å²) in [6.45, 7) is 1.79. The Hall–Kier alpha value is -0.940. The first kappa shape index (κ1) is 10.1. The van der Waals surface area contributed by atoms with Gasteiger partial charge >= 0.3 is 0 Å². The van der Waals surface area contributed by atoms with Crippen LogP contribution in [0.25, 0.3) is 0 Å². The number of halogens is 1. The number of nitrogens with two attached hydrogens (primary N) is 1. The second-order valence-electron chi connectivity index (χ2n) is 2.65. The van der Waals surface area contributed by atoms with Crippen molar-refractivity contribution in [2.75, 3.05) is 0 Å². The third-order valence-corrected chi connectivity index (χ3v) is 2.64. The van der Waals surface area contributed by atoms with Crippen LogP contribution in [0.5, 0.6) is 0 Å². The smallest absolute Gasteiger partial charge is 0.225 e. The minimum Gasteiger partial charge on any atom is -0.225 e. The van der Waals surface area contributed by atoms with Crippen LogP contribution in [-0.4, -0.2) is 8.42 Å². The van der Waals surface area contributed by atoms with E-state index < -0.39 is 15.8 Å². The van der Waals surface area contributed by atoms with Gasteiger partial charge in [0.2, 0.25) is 10.0 Å². The van der Waals surface area contributed by atoms with E-state index in [1.807, 2.05) is 0 Å². The van der Waals surface area contributed by atoms with Crippen molar-refractivity contribution >= 4 is 10.0 Å². The van der Waals surface area contributed by atoms with Crippen LogP contribution in [0.1, 0.15) is 12.5 Å². The third kappa shape index (κ3) is 2.26. The maximum atomic E-state index is 13.1. The fraction of sp³-hybridized carbons (Fsp3) is 0.250. The molecule has 0 unspecified atom stereocenters. The zero-order valence-electron chi connectivity index (χ0n) is 7.12. The molecule has 0 saturated carbocycles. The highest BCUT2D eigenvalue weighted by atomic mass is 32.2. The van der Waals surface area contributed by atoms with Gasteiger partial charge in [-0.1, -0.05) is 13.0 Å². The summed E-state index contributed by atoms with van der Waals surface area (Å²) >= 11 is 0. The average Bonchev–Trinajstić information content (AvgIpc) is 2.02. The van der Waals surface area contributed by atoms with Gasteiger partial charge in [0, 0.05) is 0 Å². The summed E-state index contributed by atoms with van der Waals surface area (Å²) < 4.78 is 34.7. The number of rotatable bonds is 2. The van der Waals surface area contributed by atoms with Crippen LogP contribution in [0, 0.1) is 5.82 Å². The number of benzene rings is 1. The van der Waals surface area contributed by atoms with Crippen LogP contribution in [0.2, 0.25) is 0 Å². The minimum absolute atomic E-state index is 0.192. The summed E-state index contributed by atoms with van der Waals surface area (Å²) in [5.41, 5.74) is 0.479. The van der Waals surface area contributed by atoms with Crippen molar-refractivity contribution in [1.82, 2.24) is 0 Å². The van der Waals surface area contributed by atoms with Gasteiger partial charge in [-0.05, 0) is 24.1 Å². The average molecular weight is 203 g/mol. The van der Waals surface area contributed by atoms with E-state index in [1.54, 1.807) is 6.92 Å². The minimum atomic E-state index is -3.79. The molecule has 0 aliphatic rings. The highest BCUT2D eigenvalue weighted by molar-refractivity contribution is 7.89. The van der Waals surface area contributed by atoms with Crippen LogP contribution in [0.15, 0.2) is 23.1 Å². The van der Waals surface area contributed by atoms with Gasteiger partial charge in [0.05, 0.1) is 4.90 Å². The molecule has 0 radical (unpaired) electrons. The summed E-state index contributed by atoms with van der Waals surface area (Å²) in [5.74, 6) is -0.533. The number of hydrogen-bond donors (Lipinski definition) is 1. The van der Waals surface area contributed by atoms with E-state index in [-0.39, 0.29) is 4.90 Å². The molecule has 1 rings (SSSR count). The van der Waals surface area contributed by atoms with E-state index in [0.717, 1.165) is 6.07 Å². The molecule has 0 atom stereocenters. The highest BCUT2D eigenvalue weighted by Crippen LogP contribution is 2.13. The topological polar surface area (TPSA) is 60.2 Å². The first-order valence-corrected chi connectivity index (χ1v) is 5.31. The molecular formula is C8H10FNO2S. The van der Waals surface area contributed by atoms with Crippen LogP contribution in [-0.2, 0) is 16.4 Å². The zero-order chi connectivity index (χ0) is 10.1. The zero-order valence-corrected chi connectivity index (χ0v) is 7.94. The molecule has 1 aromatic carbocycles. The summed E-state index contributed by atoms with van der Waals surface area (Å²) in [7, 11) is -3.79. The Morgan fingerprint density at radius 1 is 1.46 bits per heavy atom. The van der Waals surface area contributed by atoms with E-state index in [4.69, 9.17) is 5.14 Å². The Balaban J connectivity index is 3.26. The van der Waals surface area contributed by atoms with Crippen molar-refractivity contribution in [3.63, 3.8) is 0 Å². The van der Waals surface area contributed by atoms with Crippen molar-refractivity contribution in [2.45, 2.75) is 18.2 Å². The lowest BCUT2D eigenvalue weighted by Crippen LogP contribution is -2.12. The van der Waals surface area contributed by atoms with Crippen LogP contribution in [0.3, 0.4) is 0 Å². The molecule has 0 saturated heterocycles. The lowest BCUT2D eigenvalue weighted by Gasteiger charge is -2.01. The molecule has 72 valence electrons. The van der Waals surface area contributed by atoms with Crippen molar-refractivity contribution in [2.24, 2.45) is 5.14 Å². The molecule has 13 heavy (non-hydrogen) atoms. The molecule has 0 fully saturated rings. The van der Waals surface area contributed by atoms with Gasteiger partial charge < -0.3 is 0 Å². The largest absolute Gasteiger partial charge is 0.238 e. The summed E-state index contributed by atoms with van der Waals surface area (Å²) in [6, 6.07) is 3.67. The predicted molar refractivity (Wildman–Crippen MR) is 47.2 cm³/mol. The van der Waals surface area contributed by atoms with Gasteiger partial charge in [-0.2, -0.15) is 0 Å². The van der Waals surface area contributed by atoms with Crippen molar-refractivity contribution in [1.29, 1.82) is 0 Å². The van der Waals surface area contributed by atoms with E-state index in [2.05, 4.69) is 0 Å². The first-order valence-electron chi connectivity index (χ1n) is 3.76.